The number of ketones is 1. The van der Waals surface area contributed by atoms with Crippen molar-refractivity contribution in [3.8, 4) is 0 Å². The van der Waals surface area contributed by atoms with E-state index in [4.69, 9.17) is 0 Å². The highest BCUT2D eigenvalue weighted by atomic mass is 16.2. The molecular formula is C20H24N2O2. The molecule has 2 amide bonds. The Morgan fingerprint density at radius 3 is 2.33 bits per heavy atom. The predicted molar refractivity (Wildman–Crippen MR) is 97.7 cm³/mol. The average molecular weight is 324 g/mol. The number of hydrogen-bond acceptors (Lipinski definition) is 2. The van der Waals surface area contributed by atoms with Gasteiger partial charge in [0.2, 0.25) is 0 Å². The first kappa shape index (κ1) is 17.7. The van der Waals surface area contributed by atoms with E-state index in [2.05, 4.69) is 24.5 Å². The van der Waals surface area contributed by atoms with Gasteiger partial charge in [0.1, 0.15) is 0 Å². The number of hydrogen-bond donors (Lipinski definition) is 2. The zero-order valence-electron chi connectivity index (χ0n) is 14.4. The Morgan fingerprint density at radius 1 is 1.00 bits per heavy atom. The molecule has 2 N–H and O–H groups in total. The van der Waals surface area contributed by atoms with Gasteiger partial charge in [-0.05, 0) is 24.5 Å². The first-order valence-corrected chi connectivity index (χ1v) is 8.21. The second kappa shape index (κ2) is 8.29. The van der Waals surface area contributed by atoms with E-state index in [1.165, 1.54) is 0 Å². The Hall–Kier alpha value is -2.62. The molecule has 0 fully saturated rings. The highest BCUT2D eigenvalue weighted by Gasteiger charge is 2.10. The van der Waals surface area contributed by atoms with E-state index in [0.29, 0.717) is 18.0 Å². The molecule has 4 nitrogen and oxygen atoms in total. The van der Waals surface area contributed by atoms with Gasteiger partial charge in [-0.1, -0.05) is 61.9 Å². The number of carbonyl (C=O) groups excluding carboxylic acids is 2. The highest BCUT2D eigenvalue weighted by molar-refractivity contribution is 5.96. The van der Waals surface area contributed by atoms with Crippen molar-refractivity contribution in [2.24, 2.45) is 0 Å². The van der Waals surface area contributed by atoms with Crippen LogP contribution in [0.4, 0.5) is 10.5 Å². The molecule has 0 aromatic heterocycles. The molecule has 0 spiro atoms. The summed E-state index contributed by atoms with van der Waals surface area (Å²) in [7, 11) is 0. The van der Waals surface area contributed by atoms with Crippen LogP contribution in [0.5, 0.6) is 0 Å². The first-order valence-electron chi connectivity index (χ1n) is 8.21. The number of nitrogens with one attached hydrogen (secondary N) is 2. The smallest absolute Gasteiger partial charge is 0.319 e. The summed E-state index contributed by atoms with van der Waals surface area (Å²) in [6.07, 6.45) is 0.280. The van der Waals surface area contributed by atoms with Crippen molar-refractivity contribution in [2.45, 2.75) is 33.1 Å². The maximum Gasteiger partial charge on any atom is 0.319 e. The van der Waals surface area contributed by atoms with Crippen LogP contribution in [0.15, 0.2) is 48.5 Å². The zero-order chi connectivity index (χ0) is 17.5. The third-order valence-corrected chi connectivity index (χ3v) is 3.84. The number of aryl methyl sites for hydroxylation is 1. The fraction of sp³-hybridized carbons (Fsp3) is 0.300. The minimum absolute atomic E-state index is 0.0258. The van der Waals surface area contributed by atoms with Crippen LogP contribution < -0.4 is 10.6 Å². The minimum Gasteiger partial charge on any atom is -0.337 e. The van der Waals surface area contributed by atoms with E-state index in [1.807, 2.05) is 55.5 Å². The van der Waals surface area contributed by atoms with E-state index in [0.717, 1.165) is 16.8 Å². The van der Waals surface area contributed by atoms with Gasteiger partial charge in [-0.3, -0.25) is 4.79 Å². The van der Waals surface area contributed by atoms with Gasteiger partial charge in [0.05, 0.1) is 0 Å². The number of urea groups is 1. The second-order valence-corrected chi connectivity index (χ2v) is 6.16. The van der Waals surface area contributed by atoms with Crippen molar-refractivity contribution in [2.75, 3.05) is 11.9 Å². The van der Waals surface area contributed by atoms with Crippen molar-refractivity contribution in [1.82, 2.24) is 5.32 Å². The molecule has 0 radical (unpaired) electrons. The van der Waals surface area contributed by atoms with Gasteiger partial charge < -0.3 is 10.6 Å². The van der Waals surface area contributed by atoms with Crippen molar-refractivity contribution in [3.05, 3.63) is 65.2 Å². The molecule has 2 aromatic carbocycles. The van der Waals surface area contributed by atoms with Gasteiger partial charge in [-0.15, -0.1) is 0 Å². The second-order valence-electron chi connectivity index (χ2n) is 6.16. The largest absolute Gasteiger partial charge is 0.337 e. The molecule has 2 aromatic rings. The fourth-order valence-electron chi connectivity index (χ4n) is 2.45. The number of anilines is 1. The molecule has 0 unspecified atom stereocenters. The molecule has 2 rings (SSSR count). The molecule has 0 saturated carbocycles. The van der Waals surface area contributed by atoms with Crippen LogP contribution in [-0.2, 0) is 0 Å². The quantitative estimate of drug-likeness (QED) is 0.768. The van der Waals surface area contributed by atoms with E-state index >= 15 is 0 Å². The van der Waals surface area contributed by atoms with Crippen LogP contribution in [0.25, 0.3) is 0 Å². The van der Waals surface area contributed by atoms with Gasteiger partial charge >= 0.3 is 6.03 Å². The number of Topliss-reactive ketones (excluding diaryl/α,β-unsaturated/α-hetero) is 1. The Bertz CT molecular complexity index is 706. The monoisotopic (exact) mass is 324 g/mol. The molecule has 126 valence electrons. The number of rotatable bonds is 6. The summed E-state index contributed by atoms with van der Waals surface area (Å²) in [5.74, 6) is 0.350. The van der Waals surface area contributed by atoms with Gasteiger partial charge in [-0.25, -0.2) is 4.79 Å². The van der Waals surface area contributed by atoms with Crippen molar-refractivity contribution in [3.63, 3.8) is 0 Å². The molecule has 24 heavy (non-hydrogen) atoms. The van der Waals surface area contributed by atoms with Gasteiger partial charge in [0, 0.05) is 24.2 Å². The molecule has 0 bridgehead atoms. The maximum atomic E-state index is 12.1. The molecule has 0 atom stereocenters. The third kappa shape index (κ3) is 4.95. The molecule has 0 aliphatic rings. The third-order valence-electron chi connectivity index (χ3n) is 3.84. The van der Waals surface area contributed by atoms with E-state index in [-0.39, 0.29) is 18.2 Å². The molecule has 0 aliphatic heterocycles. The first-order chi connectivity index (χ1) is 11.5. The molecule has 0 aliphatic carbocycles. The zero-order valence-corrected chi connectivity index (χ0v) is 14.4. The van der Waals surface area contributed by atoms with Crippen molar-refractivity contribution >= 4 is 17.5 Å². The lowest BCUT2D eigenvalue weighted by molar-refractivity contribution is 0.0984. The van der Waals surface area contributed by atoms with Crippen molar-refractivity contribution in [1.29, 1.82) is 0 Å². The van der Waals surface area contributed by atoms with Gasteiger partial charge in [0.15, 0.2) is 5.78 Å². The molecule has 0 saturated heterocycles. The van der Waals surface area contributed by atoms with Crippen LogP contribution in [0.1, 0.15) is 47.7 Å². The summed E-state index contributed by atoms with van der Waals surface area (Å²) in [4.78, 5) is 24.1. The number of amides is 2. The van der Waals surface area contributed by atoms with Crippen LogP contribution in [-0.4, -0.2) is 18.4 Å². The summed E-state index contributed by atoms with van der Waals surface area (Å²) in [5.41, 5.74) is 3.68. The normalized spacial score (nSPS) is 10.5. The lowest BCUT2D eigenvalue weighted by Gasteiger charge is -2.14. The Labute approximate surface area is 143 Å². The average Bonchev–Trinajstić information content (AvgIpc) is 2.55. The van der Waals surface area contributed by atoms with Crippen LogP contribution in [0.2, 0.25) is 0 Å². The summed E-state index contributed by atoms with van der Waals surface area (Å²) in [6, 6.07) is 14.9. The van der Waals surface area contributed by atoms with Crippen LogP contribution in [0.3, 0.4) is 0 Å². The molecule has 0 heterocycles. The number of carbonyl (C=O) groups is 2. The van der Waals surface area contributed by atoms with E-state index < -0.39 is 0 Å². The Morgan fingerprint density at radius 2 is 1.67 bits per heavy atom. The van der Waals surface area contributed by atoms with Gasteiger partial charge in [0.25, 0.3) is 0 Å². The lowest BCUT2D eigenvalue weighted by atomic mass is 10.0. The Kier molecular flexibility index (Phi) is 6.13. The summed E-state index contributed by atoms with van der Waals surface area (Å²) >= 11 is 0. The molecule has 4 heteroatoms. The standard InChI is InChI=1S/C20H24N2O2/c1-14(2)17-6-4-5-7-18(17)22-20(24)21-13-12-19(23)16-10-8-15(3)9-11-16/h4-11,14H,12-13H2,1-3H3,(H2,21,22,24). The summed E-state index contributed by atoms with van der Waals surface area (Å²) in [6.45, 7) is 6.45. The van der Waals surface area contributed by atoms with Crippen molar-refractivity contribution < 1.29 is 9.59 Å². The van der Waals surface area contributed by atoms with E-state index in [9.17, 15) is 9.59 Å². The lowest BCUT2D eigenvalue weighted by Crippen LogP contribution is -2.31. The van der Waals surface area contributed by atoms with Crippen LogP contribution in [0, 0.1) is 6.92 Å². The topological polar surface area (TPSA) is 58.2 Å². The molecular weight excluding hydrogens is 300 g/mol. The number of para-hydroxylation sites is 1. The van der Waals surface area contributed by atoms with Crippen LogP contribution >= 0.6 is 0 Å². The SMILES string of the molecule is Cc1ccc(C(=O)CCNC(=O)Nc2ccccc2C(C)C)cc1. The minimum atomic E-state index is -0.292. The fourth-order valence-corrected chi connectivity index (χ4v) is 2.45. The predicted octanol–water partition coefficient (Wildman–Crippen LogP) is 4.51. The number of benzene rings is 2. The summed E-state index contributed by atoms with van der Waals surface area (Å²) in [5, 5.41) is 5.59. The highest BCUT2D eigenvalue weighted by Crippen LogP contribution is 2.23. The maximum absolute atomic E-state index is 12.1. The van der Waals surface area contributed by atoms with Gasteiger partial charge in [-0.2, -0.15) is 0 Å². The summed E-state index contributed by atoms with van der Waals surface area (Å²) < 4.78 is 0. The Balaban J connectivity index is 1.83. The van der Waals surface area contributed by atoms with E-state index in [1.54, 1.807) is 0 Å².